The molecule has 29 heavy (non-hydrogen) atoms. The highest BCUT2D eigenvalue weighted by Gasteiger charge is 2.21. The van der Waals surface area contributed by atoms with Gasteiger partial charge in [-0.05, 0) is 30.2 Å². The molecule has 0 atom stereocenters. The Bertz CT molecular complexity index is 1080. The Morgan fingerprint density at radius 1 is 1.14 bits per heavy atom. The van der Waals surface area contributed by atoms with Crippen molar-refractivity contribution in [3.8, 4) is 0 Å². The van der Waals surface area contributed by atoms with Gasteiger partial charge in [-0.25, -0.2) is 4.98 Å². The SMILES string of the molecule is O=C(Cn1cnc2c(c1=O)CCN(Cc1ccccc1)C2)Nc1cccc(Cl)c1. The van der Waals surface area contributed by atoms with Crippen molar-refractivity contribution >= 4 is 23.2 Å². The molecule has 3 aromatic rings. The fraction of sp³-hybridized carbons (Fsp3) is 0.227. The van der Waals surface area contributed by atoms with E-state index in [1.165, 1.54) is 16.5 Å². The molecule has 0 unspecified atom stereocenters. The van der Waals surface area contributed by atoms with Crippen molar-refractivity contribution in [2.45, 2.75) is 26.1 Å². The monoisotopic (exact) mass is 408 g/mol. The summed E-state index contributed by atoms with van der Waals surface area (Å²) in [6.07, 6.45) is 2.09. The molecular formula is C22H21ClN4O2. The smallest absolute Gasteiger partial charge is 0.257 e. The second-order valence-electron chi connectivity index (χ2n) is 7.11. The Balaban J connectivity index is 1.44. The van der Waals surface area contributed by atoms with E-state index in [2.05, 4.69) is 27.3 Å². The number of rotatable bonds is 5. The van der Waals surface area contributed by atoms with Crippen molar-refractivity contribution in [3.05, 3.63) is 93.1 Å². The second kappa shape index (κ2) is 8.59. The minimum Gasteiger partial charge on any atom is -0.324 e. The molecule has 0 bridgehead atoms. The van der Waals surface area contributed by atoms with Gasteiger partial charge in [0.15, 0.2) is 0 Å². The molecule has 1 aliphatic heterocycles. The van der Waals surface area contributed by atoms with E-state index in [1.54, 1.807) is 24.3 Å². The third-order valence-corrected chi connectivity index (χ3v) is 5.18. The molecular weight excluding hydrogens is 388 g/mol. The summed E-state index contributed by atoms with van der Waals surface area (Å²) >= 11 is 5.94. The zero-order valence-electron chi connectivity index (χ0n) is 15.8. The van der Waals surface area contributed by atoms with Crippen LogP contribution >= 0.6 is 11.6 Å². The lowest BCUT2D eigenvalue weighted by molar-refractivity contribution is -0.116. The molecule has 2 aromatic carbocycles. The first-order chi connectivity index (χ1) is 14.1. The summed E-state index contributed by atoms with van der Waals surface area (Å²) in [4.78, 5) is 31.9. The zero-order valence-corrected chi connectivity index (χ0v) is 16.6. The Hall–Kier alpha value is -2.96. The molecule has 0 fully saturated rings. The van der Waals surface area contributed by atoms with E-state index in [0.29, 0.717) is 29.2 Å². The molecule has 0 saturated heterocycles. The quantitative estimate of drug-likeness (QED) is 0.704. The number of nitrogens with zero attached hydrogens (tertiary/aromatic N) is 3. The fourth-order valence-electron chi connectivity index (χ4n) is 3.53. The number of aromatic nitrogens is 2. The van der Waals surface area contributed by atoms with Crippen LogP contribution in [0.3, 0.4) is 0 Å². The van der Waals surface area contributed by atoms with Crippen LogP contribution in [-0.2, 0) is 30.8 Å². The maximum absolute atomic E-state index is 12.8. The van der Waals surface area contributed by atoms with E-state index in [9.17, 15) is 9.59 Å². The molecule has 2 heterocycles. The standard InChI is InChI=1S/C22H21ClN4O2/c23-17-7-4-8-18(11-17)25-21(28)14-27-15-24-20-13-26(10-9-19(20)22(27)29)12-16-5-2-1-3-6-16/h1-8,11,15H,9-10,12-14H2,(H,25,28). The number of carbonyl (C=O) groups is 1. The van der Waals surface area contributed by atoms with Crippen molar-refractivity contribution in [1.29, 1.82) is 0 Å². The normalized spacial score (nSPS) is 13.7. The van der Waals surface area contributed by atoms with Gasteiger partial charge in [0.25, 0.3) is 5.56 Å². The Kier molecular flexibility index (Phi) is 5.74. The summed E-state index contributed by atoms with van der Waals surface area (Å²) in [7, 11) is 0. The highest BCUT2D eigenvalue weighted by molar-refractivity contribution is 6.30. The largest absolute Gasteiger partial charge is 0.324 e. The van der Waals surface area contributed by atoms with E-state index < -0.39 is 0 Å². The minimum absolute atomic E-state index is 0.0840. The summed E-state index contributed by atoms with van der Waals surface area (Å²) in [6.45, 7) is 2.17. The summed E-state index contributed by atoms with van der Waals surface area (Å²) in [5.41, 5.74) is 3.19. The molecule has 1 amide bonds. The Morgan fingerprint density at radius 3 is 2.76 bits per heavy atom. The van der Waals surface area contributed by atoms with E-state index in [-0.39, 0.29) is 18.0 Å². The van der Waals surface area contributed by atoms with Crippen molar-refractivity contribution in [3.63, 3.8) is 0 Å². The fourth-order valence-corrected chi connectivity index (χ4v) is 3.72. The molecule has 0 radical (unpaired) electrons. The first-order valence-electron chi connectivity index (χ1n) is 9.47. The lowest BCUT2D eigenvalue weighted by Gasteiger charge is -2.27. The molecule has 1 N–H and O–H groups in total. The van der Waals surface area contributed by atoms with Gasteiger partial charge in [-0.3, -0.25) is 19.1 Å². The molecule has 0 spiro atoms. The van der Waals surface area contributed by atoms with E-state index in [4.69, 9.17) is 11.6 Å². The average Bonchev–Trinajstić information content (AvgIpc) is 2.71. The molecule has 6 nitrogen and oxygen atoms in total. The third-order valence-electron chi connectivity index (χ3n) is 4.94. The zero-order chi connectivity index (χ0) is 20.2. The van der Waals surface area contributed by atoms with E-state index in [0.717, 1.165) is 18.8 Å². The van der Waals surface area contributed by atoms with Crippen LogP contribution in [0.5, 0.6) is 0 Å². The molecule has 4 rings (SSSR count). The van der Waals surface area contributed by atoms with Gasteiger partial charge in [0.2, 0.25) is 5.91 Å². The molecule has 0 aliphatic carbocycles. The van der Waals surface area contributed by atoms with Crippen LogP contribution in [0.1, 0.15) is 16.8 Å². The number of fused-ring (bicyclic) bond motifs is 1. The average molecular weight is 409 g/mol. The summed E-state index contributed by atoms with van der Waals surface area (Å²) in [6, 6.07) is 17.1. The minimum atomic E-state index is -0.294. The van der Waals surface area contributed by atoms with Gasteiger partial charge >= 0.3 is 0 Å². The first kappa shape index (κ1) is 19.4. The lowest BCUT2D eigenvalue weighted by Crippen LogP contribution is -2.38. The van der Waals surface area contributed by atoms with Crippen molar-refractivity contribution < 1.29 is 4.79 Å². The van der Waals surface area contributed by atoms with E-state index in [1.807, 2.05) is 18.2 Å². The Morgan fingerprint density at radius 2 is 1.97 bits per heavy atom. The van der Waals surface area contributed by atoms with Crippen LogP contribution in [0.25, 0.3) is 0 Å². The van der Waals surface area contributed by atoms with Gasteiger partial charge in [0, 0.05) is 35.9 Å². The van der Waals surface area contributed by atoms with Gasteiger partial charge in [-0.1, -0.05) is 48.0 Å². The predicted molar refractivity (Wildman–Crippen MR) is 113 cm³/mol. The van der Waals surface area contributed by atoms with Crippen molar-refractivity contribution in [2.24, 2.45) is 0 Å². The molecule has 1 aromatic heterocycles. The number of carbonyl (C=O) groups excluding carboxylic acids is 1. The highest BCUT2D eigenvalue weighted by Crippen LogP contribution is 2.17. The first-order valence-corrected chi connectivity index (χ1v) is 9.85. The maximum atomic E-state index is 12.8. The Labute approximate surface area is 173 Å². The molecule has 7 heteroatoms. The molecule has 1 aliphatic rings. The summed E-state index contributed by atoms with van der Waals surface area (Å²) in [5, 5.41) is 3.29. The summed E-state index contributed by atoms with van der Waals surface area (Å²) < 4.78 is 1.37. The number of halogens is 1. The van der Waals surface area contributed by atoms with E-state index >= 15 is 0 Å². The van der Waals surface area contributed by atoms with Gasteiger partial charge < -0.3 is 5.32 Å². The van der Waals surface area contributed by atoms with Gasteiger partial charge in [-0.2, -0.15) is 0 Å². The van der Waals surface area contributed by atoms with Crippen molar-refractivity contribution in [1.82, 2.24) is 14.5 Å². The number of anilines is 1. The second-order valence-corrected chi connectivity index (χ2v) is 7.54. The number of hydrogen-bond acceptors (Lipinski definition) is 4. The number of benzene rings is 2. The van der Waals surface area contributed by atoms with Crippen LogP contribution in [0.2, 0.25) is 5.02 Å². The van der Waals surface area contributed by atoms with Crippen LogP contribution in [-0.4, -0.2) is 26.9 Å². The lowest BCUT2D eigenvalue weighted by atomic mass is 10.1. The van der Waals surface area contributed by atoms with Gasteiger partial charge in [0.1, 0.15) is 6.54 Å². The maximum Gasteiger partial charge on any atom is 0.257 e. The number of amides is 1. The molecule has 0 saturated carbocycles. The van der Waals surface area contributed by atoms with Crippen LogP contribution in [0, 0.1) is 0 Å². The van der Waals surface area contributed by atoms with Crippen LogP contribution in [0.15, 0.2) is 65.7 Å². The van der Waals surface area contributed by atoms with Crippen LogP contribution in [0.4, 0.5) is 5.69 Å². The predicted octanol–water partition coefficient (Wildman–Crippen LogP) is 3.09. The third kappa shape index (κ3) is 4.72. The number of nitrogens with one attached hydrogen (secondary N) is 1. The van der Waals surface area contributed by atoms with Crippen LogP contribution < -0.4 is 10.9 Å². The molecule has 148 valence electrons. The van der Waals surface area contributed by atoms with Crippen molar-refractivity contribution in [2.75, 3.05) is 11.9 Å². The van der Waals surface area contributed by atoms with Gasteiger partial charge in [0.05, 0.1) is 12.0 Å². The van der Waals surface area contributed by atoms with Gasteiger partial charge in [-0.15, -0.1) is 0 Å². The number of hydrogen-bond donors (Lipinski definition) is 1. The topological polar surface area (TPSA) is 67.2 Å². The summed E-state index contributed by atoms with van der Waals surface area (Å²) in [5.74, 6) is -0.294. The highest BCUT2D eigenvalue weighted by atomic mass is 35.5.